The van der Waals surface area contributed by atoms with Gasteiger partial charge in [-0.3, -0.25) is 14.6 Å². The molecule has 172 valence electrons. The Morgan fingerprint density at radius 2 is 1.91 bits per heavy atom. The van der Waals surface area contributed by atoms with Crippen LogP contribution in [-0.2, 0) is 14.3 Å². The van der Waals surface area contributed by atoms with E-state index >= 15 is 0 Å². The maximum atomic E-state index is 14.4. The molecule has 0 atom stereocenters. The predicted molar refractivity (Wildman–Crippen MR) is 121 cm³/mol. The number of likely N-dealkylation sites (N-methyl/N-ethyl adjacent to an activating group) is 1. The molecule has 0 aliphatic heterocycles. The van der Waals surface area contributed by atoms with Crippen LogP contribution in [0, 0.1) is 5.82 Å². The summed E-state index contributed by atoms with van der Waals surface area (Å²) in [6.45, 7) is 6.08. The highest BCUT2D eigenvalue weighted by Gasteiger charge is 2.21. The standard InChI is InChI=1S/C24H30FN3O4/c1-24(2,3)32-23(30)17-28(14-13-27(4)5)22(29)11-9-18-8-10-21(20(25)15-18)31-19-7-6-12-26-16-19/h6-12,15-16H,13-14,17H2,1-5H3/b11-9+. The molecule has 0 saturated heterocycles. The van der Waals surface area contributed by atoms with E-state index in [2.05, 4.69) is 4.98 Å². The van der Waals surface area contributed by atoms with Gasteiger partial charge in [0, 0.05) is 25.4 Å². The number of aromatic nitrogens is 1. The van der Waals surface area contributed by atoms with Crippen LogP contribution in [0.4, 0.5) is 4.39 Å². The van der Waals surface area contributed by atoms with Crippen LogP contribution < -0.4 is 4.74 Å². The summed E-state index contributed by atoms with van der Waals surface area (Å²) in [5.41, 5.74) is -0.153. The zero-order valence-electron chi connectivity index (χ0n) is 19.2. The lowest BCUT2D eigenvalue weighted by molar-refractivity contribution is -0.158. The normalized spacial score (nSPS) is 11.6. The van der Waals surface area contributed by atoms with Gasteiger partial charge in [-0.25, -0.2) is 4.39 Å². The van der Waals surface area contributed by atoms with Crippen LogP contribution >= 0.6 is 0 Å². The van der Waals surface area contributed by atoms with Crippen LogP contribution in [0.25, 0.3) is 6.08 Å². The Labute approximate surface area is 188 Å². The Morgan fingerprint density at radius 1 is 1.16 bits per heavy atom. The van der Waals surface area contributed by atoms with E-state index in [-0.39, 0.29) is 18.2 Å². The maximum absolute atomic E-state index is 14.4. The fourth-order valence-electron chi connectivity index (χ4n) is 2.63. The van der Waals surface area contributed by atoms with Crippen molar-refractivity contribution in [2.75, 3.05) is 33.7 Å². The van der Waals surface area contributed by atoms with Crippen LogP contribution in [0.15, 0.2) is 48.8 Å². The Kier molecular flexibility index (Phi) is 8.90. The number of carbonyl (C=O) groups is 2. The van der Waals surface area contributed by atoms with E-state index in [9.17, 15) is 14.0 Å². The van der Waals surface area contributed by atoms with Crippen molar-refractivity contribution in [3.05, 3.63) is 60.2 Å². The quantitative estimate of drug-likeness (QED) is 0.434. The van der Waals surface area contributed by atoms with Gasteiger partial charge in [-0.1, -0.05) is 6.07 Å². The molecule has 1 amide bonds. The predicted octanol–water partition coefficient (Wildman–Crippen LogP) is 3.76. The zero-order valence-corrected chi connectivity index (χ0v) is 19.2. The van der Waals surface area contributed by atoms with E-state index in [1.807, 2.05) is 19.0 Å². The summed E-state index contributed by atoms with van der Waals surface area (Å²) in [5, 5.41) is 0. The van der Waals surface area contributed by atoms with Crippen molar-refractivity contribution in [1.29, 1.82) is 0 Å². The van der Waals surface area contributed by atoms with Crippen molar-refractivity contribution in [2.24, 2.45) is 0 Å². The van der Waals surface area contributed by atoms with Gasteiger partial charge in [0.05, 0.1) is 6.20 Å². The third-order valence-electron chi connectivity index (χ3n) is 4.11. The molecule has 32 heavy (non-hydrogen) atoms. The van der Waals surface area contributed by atoms with E-state index in [0.717, 1.165) is 0 Å². The molecule has 1 aromatic heterocycles. The Balaban J connectivity index is 2.07. The zero-order chi connectivity index (χ0) is 23.7. The first-order chi connectivity index (χ1) is 15.0. The summed E-state index contributed by atoms with van der Waals surface area (Å²) < 4.78 is 25.2. The van der Waals surface area contributed by atoms with Gasteiger partial charge in [0.25, 0.3) is 0 Å². The summed E-state index contributed by atoms with van der Waals surface area (Å²) in [6.07, 6.45) is 5.89. The monoisotopic (exact) mass is 443 g/mol. The van der Waals surface area contributed by atoms with Gasteiger partial charge < -0.3 is 19.3 Å². The molecule has 0 fully saturated rings. The molecule has 0 bridgehead atoms. The lowest BCUT2D eigenvalue weighted by Gasteiger charge is -2.25. The van der Waals surface area contributed by atoms with Gasteiger partial charge in [0.2, 0.25) is 5.91 Å². The second-order valence-corrected chi connectivity index (χ2v) is 8.46. The van der Waals surface area contributed by atoms with Crippen molar-refractivity contribution < 1.29 is 23.5 Å². The highest BCUT2D eigenvalue weighted by Crippen LogP contribution is 2.24. The van der Waals surface area contributed by atoms with Crippen LogP contribution in [0.3, 0.4) is 0 Å². The van der Waals surface area contributed by atoms with Gasteiger partial charge in [-0.05, 0) is 70.8 Å². The van der Waals surface area contributed by atoms with E-state index in [1.54, 1.807) is 45.2 Å². The van der Waals surface area contributed by atoms with Crippen molar-refractivity contribution in [1.82, 2.24) is 14.8 Å². The molecule has 0 unspecified atom stereocenters. The second kappa shape index (κ2) is 11.4. The molecule has 0 N–H and O–H groups in total. The largest absolute Gasteiger partial charge is 0.459 e. The van der Waals surface area contributed by atoms with Gasteiger partial charge >= 0.3 is 5.97 Å². The molecule has 0 radical (unpaired) electrons. The number of hydrogen-bond acceptors (Lipinski definition) is 6. The minimum absolute atomic E-state index is 0.0546. The highest BCUT2D eigenvalue weighted by atomic mass is 19.1. The van der Waals surface area contributed by atoms with Crippen LogP contribution in [0.5, 0.6) is 11.5 Å². The van der Waals surface area contributed by atoms with Crippen molar-refractivity contribution in [3.63, 3.8) is 0 Å². The number of halogens is 1. The van der Waals surface area contributed by atoms with Crippen molar-refractivity contribution in [3.8, 4) is 11.5 Å². The summed E-state index contributed by atoms with van der Waals surface area (Å²) >= 11 is 0. The lowest BCUT2D eigenvalue weighted by atomic mass is 10.2. The third-order valence-corrected chi connectivity index (χ3v) is 4.11. The number of hydrogen-bond donors (Lipinski definition) is 0. The number of nitrogens with zero attached hydrogens (tertiary/aromatic N) is 3. The first kappa shape index (κ1) is 25.0. The average Bonchev–Trinajstić information content (AvgIpc) is 2.70. The van der Waals surface area contributed by atoms with Crippen LogP contribution in [0.2, 0.25) is 0 Å². The fraction of sp³-hybridized carbons (Fsp3) is 0.375. The van der Waals surface area contributed by atoms with E-state index in [4.69, 9.17) is 9.47 Å². The molecule has 1 heterocycles. The van der Waals surface area contributed by atoms with Gasteiger partial charge in [0.1, 0.15) is 17.9 Å². The Bertz CT molecular complexity index is 940. The second-order valence-electron chi connectivity index (χ2n) is 8.46. The minimum Gasteiger partial charge on any atom is -0.459 e. The number of ether oxygens (including phenoxy) is 2. The molecule has 0 spiro atoms. The first-order valence-electron chi connectivity index (χ1n) is 10.2. The smallest absolute Gasteiger partial charge is 0.326 e. The molecular weight excluding hydrogens is 413 g/mol. The molecule has 2 rings (SSSR count). The van der Waals surface area contributed by atoms with Crippen LogP contribution in [0.1, 0.15) is 26.3 Å². The lowest BCUT2D eigenvalue weighted by Crippen LogP contribution is -2.41. The van der Waals surface area contributed by atoms with Gasteiger partial charge in [-0.2, -0.15) is 0 Å². The summed E-state index contributed by atoms with van der Waals surface area (Å²) in [4.78, 5) is 32.2. The molecule has 0 aliphatic rings. The summed E-state index contributed by atoms with van der Waals surface area (Å²) in [6, 6.07) is 7.75. The maximum Gasteiger partial charge on any atom is 0.326 e. The number of pyridine rings is 1. The number of benzene rings is 1. The van der Waals surface area contributed by atoms with Gasteiger partial charge in [0.15, 0.2) is 11.6 Å². The Hall–Kier alpha value is -3.26. The first-order valence-corrected chi connectivity index (χ1v) is 10.2. The summed E-state index contributed by atoms with van der Waals surface area (Å²) in [7, 11) is 3.76. The molecule has 0 saturated carbocycles. The van der Waals surface area contributed by atoms with Crippen molar-refractivity contribution >= 4 is 18.0 Å². The number of esters is 1. The van der Waals surface area contributed by atoms with E-state index in [1.165, 1.54) is 35.4 Å². The molecule has 1 aromatic carbocycles. The number of rotatable bonds is 9. The average molecular weight is 444 g/mol. The van der Waals surface area contributed by atoms with E-state index in [0.29, 0.717) is 24.4 Å². The fourth-order valence-corrected chi connectivity index (χ4v) is 2.63. The SMILES string of the molecule is CN(C)CCN(CC(=O)OC(C)(C)C)C(=O)/C=C/c1ccc(Oc2cccnc2)c(F)c1. The highest BCUT2D eigenvalue weighted by molar-refractivity contribution is 5.93. The molecular formula is C24H30FN3O4. The molecule has 0 aliphatic carbocycles. The summed E-state index contributed by atoms with van der Waals surface area (Å²) in [5.74, 6) is -0.945. The van der Waals surface area contributed by atoms with Gasteiger partial charge in [-0.15, -0.1) is 0 Å². The van der Waals surface area contributed by atoms with E-state index < -0.39 is 17.4 Å². The van der Waals surface area contributed by atoms with Crippen LogP contribution in [-0.4, -0.2) is 66.0 Å². The number of amides is 1. The topological polar surface area (TPSA) is 72.0 Å². The molecule has 7 nitrogen and oxygen atoms in total. The molecule has 8 heteroatoms. The Morgan fingerprint density at radius 3 is 2.50 bits per heavy atom. The molecule has 2 aromatic rings. The van der Waals surface area contributed by atoms with Crippen molar-refractivity contribution in [2.45, 2.75) is 26.4 Å². The number of carbonyl (C=O) groups excluding carboxylic acids is 2. The minimum atomic E-state index is -0.639. The third kappa shape index (κ3) is 8.85.